The van der Waals surface area contributed by atoms with Gasteiger partial charge in [-0.1, -0.05) is 12.1 Å². The highest BCUT2D eigenvalue weighted by molar-refractivity contribution is 5.91. The van der Waals surface area contributed by atoms with Gasteiger partial charge in [-0.2, -0.15) is 0 Å². The summed E-state index contributed by atoms with van der Waals surface area (Å²) in [6, 6.07) is 11.1. The number of hydrogen-bond donors (Lipinski definition) is 1. The van der Waals surface area contributed by atoms with E-state index in [-0.39, 0.29) is 18.0 Å². The third kappa shape index (κ3) is 4.77. The molecule has 0 saturated carbocycles. The molecule has 5 heteroatoms. The lowest BCUT2D eigenvalue weighted by atomic mass is 10.2. The Bertz CT molecular complexity index is 688. The number of benzene rings is 2. The van der Waals surface area contributed by atoms with E-state index in [0.717, 1.165) is 29.9 Å². The van der Waals surface area contributed by atoms with E-state index in [1.54, 1.807) is 0 Å². The van der Waals surface area contributed by atoms with Crippen LogP contribution in [-0.2, 0) is 4.79 Å². The zero-order valence-electron chi connectivity index (χ0n) is 13.3. The van der Waals surface area contributed by atoms with E-state index < -0.39 is 11.6 Å². The normalized spacial score (nSPS) is 10.4. The molecule has 1 amide bonds. The van der Waals surface area contributed by atoms with Gasteiger partial charge in [0.1, 0.15) is 11.6 Å². The van der Waals surface area contributed by atoms with E-state index in [2.05, 4.69) is 16.3 Å². The van der Waals surface area contributed by atoms with E-state index in [1.165, 1.54) is 6.07 Å². The van der Waals surface area contributed by atoms with E-state index in [9.17, 15) is 13.6 Å². The van der Waals surface area contributed by atoms with Crippen LogP contribution in [0.5, 0.6) is 0 Å². The highest BCUT2D eigenvalue weighted by Gasteiger charge is 2.11. The van der Waals surface area contributed by atoms with E-state index >= 15 is 0 Å². The van der Waals surface area contributed by atoms with E-state index in [1.807, 2.05) is 32.0 Å². The minimum absolute atomic E-state index is 0.00463. The number of carbonyl (C=O) groups excluding carboxylic acids is 1. The molecule has 0 saturated heterocycles. The van der Waals surface area contributed by atoms with Gasteiger partial charge in [0.2, 0.25) is 5.91 Å². The predicted molar refractivity (Wildman–Crippen MR) is 88.7 cm³/mol. The van der Waals surface area contributed by atoms with Gasteiger partial charge in [-0.3, -0.25) is 4.79 Å². The molecule has 0 aliphatic rings. The van der Waals surface area contributed by atoms with Crippen molar-refractivity contribution in [3.8, 4) is 0 Å². The number of nitrogens with zero attached hydrogens (tertiary/aromatic N) is 1. The van der Waals surface area contributed by atoms with Crippen molar-refractivity contribution in [2.45, 2.75) is 20.3 Å². The van der Waals surface area contributed by atoms with Gasteiger partial charge in [0.05, 0.1) is 5.69 Å². The van der Waals surface area contributed by atoms with Crippen LogP contribution in [0, 0.1) is 18.6 Å². The van der Waals surface area contributed by atoms with Gasteiger partial charge >= 0.3 is 0 Å². The lowest BCUT2D eigenvalue weighted by molar-refractivity contribution is -0.116. The number of amides is 1. The molecule has 0 fully saturated rings. The van der Waals surface area contributed by atoms with Gasteiger partial charge in [-0.15, -0.1) is 0 Å². The van der Waals surface area contributed by atoms with Crippen molar-refractivity contribution in [3.63, 3.8) is 0 Å². The largest absolute Gasteiger partial charge is 0.371 e. The van der Waals surface area contributed by atoms with Crippen molar-refractivity contribution in [1.82, 2.24) is 0 Å². The Hall–Kier alpha value is -2.43. The molecule has 0 heterocycles. The molecule has 0 aliphatic carbocycles. The molecular formula is C18H20F2N2O. The molecule has 0 radical (unpaired) electrons. The zero-order valence-corrected chi connectivity index (χ0v) is 13.3. The number of carbonyl (C=O) groups is 1. The van der Waals surface area contributed by atoms with Gasteiger partial charge in [0.25, 0.3) is 0 Å². The van der Waals surface area contributed by atoms with E-state index in [4.69, 9.17) is 0 Å². The second kappa shape index (κ2) is 7.72. The Morgan fingerprint density at radius 2 is 1.96 bits per heavy atom. The summed E-state index contributed by atoms with van der Waals surface area (Å²) < 4.78 is 26.4. The highest BCUT2D eigenvalue weighted by Crippen LogP contribution is 2.17. The fraction of sp³-hybridized carbons (Fsp3) is 0.278. The summed E-state index contributed by atoms with van der Waals surface area (Å²) in [5, 5.41) is 2.47. The molecule has 0 unspecified atom stereocenters. The van der Waals surface area contributed by atoms with Crippen molar-refractivity contribution in [2.24, 2.45) is 0 Å². The van der Waals surface area contributed by atoms with Gasteiger partial charge < -0.3 is 10.2 Å². The molecule has 0 bridgehead atoms. The molecule has 1 N–H and O–H groups in total. The fourth-order valence-electron chi connectivity index (χ4n) is 2.33. The lowest BCUT2D eigenvalue weighted by Crippen LogP contribution is -2.27. The number of nitrogens with one attached hydrogen (secondary N) is 1. The predicted octanol–water partition coefficient (Wildman–Crippen LogP) is 4.13. The maximum atomic E-state index is 13.5. The molecule has 23 heavy (non-hydrogen) atoms. The summed E-state index contributed by atoms with van der Waals surface area (Å²) >= 11 is 0. The number of rotatable bonds is 6. The maximum Gasteiger partial charge on any atom is 0.226 e. The minimum Gasteiger partial charge on any atom is -0.371 e. The van der Waals surface area contributed by atoms with Crippen LogP contribution in [0.4, 0.5) is 20.2 Å². The number of aryl methyl sites for hydroxylation is 1. The van der Waals surface area contributed by atoms with Crippen molar-refractivity contribution in [1.29, 1.82) is 0 Å². The smallest absolute Gasteiger partial charge is 0.226 e. The number of anilines is 2. The zero-order chi connectivity index (χ0) is 16.8. The van der Waals surface area contributed by atoms with Crippen LogP contribution >= 0.6 is 0 Å². The molecule has 3 nitrogen and oxygen atoms in total. The van der Waals surface area contributed by atoms with Crippen LogP contribution in [0.15, 0.2) is 42.5 Å². The highest BCUT2D eigenvalue weighted by atomic mass is 19.1. The summed E-state index contributed by atoms with van der Waals surface area (Å²) in [6.45, 7) is 5.32. The topological polar surface area (TPSA) is 32.3 Å². The first-order valence-electron chi connectivity index (χ1n) is 7.56. The first-order valence-corrected chi connectivity index (χ1v) is 7.56. The van der Waals surface area contributed by atoms with Crippen LogP contribution in [-0.4, -0.2) is 19.0 Å². The monoisotopic (exact) mass is 318 g/mol. The molecule has 0 aromatic heterocycles. The lowest BCUT2D eigenvalue weighted by Gasteiger charge is -2.23. The number of hydrogen-bond acceptors (Lipinski definition) is 2. The maximum absolute atomic E-state index is 13.5. The molecule has 0 atom stereocenters. The van der Waals surface area contributed by atoms with Crippen LogP contribution in [0.2, 0.25) is 0 Å². The quantitative estimate of drug-likeness (QED) is 0.868. The Balaban J connectivity index is 1.94. The molecule has 0 spiro atoms. The van der Waals surface area contributed by atoms with Crippen LogP contribution < -0.4 is 10.2 Å². The van der Waals surface area contributed by atoms with Crippen molar-refractivity contribution in [3.05, 3.63) is 59.7 Å². The Morgan fingerprint density at radius 3 is 2.61 bits per heavy atom. The van der Waals surface area contributed by atoms with E-state index in [0.29, 0.717) is 6.54 Å². The Labute approximate surface area is 134 Å². The molecule has 122 valence electrons. The summed E-state index contributed by atoms with van der Waals surface area (Å²) in [5.74, 6) is -1.75. The van der Waals surface area contributed by atoms with Crippen molar-refractivity contribution in [2.75, 3.05) is 23.3 Å². The van der Waals surface area contributed by atoms with Crippen LogP contribution in [0.1, 0.15) is 18.9 Å². The SMILES string of the molecule is CCN(CCC(=O)Nc1ccc(F)cc1F)c1cccc(C)c1. The Kier molecular flexibility index (Phi) is 5.68. The van der Waals surface area contributed by atoms with Crippen molar-refractivity contribution >= 4 is 17.3 Å². The molecule has 0 aliphatic heterocycles. The Morgan fingerprint density at radius 1 is 1.17 bits per heavy atom. The van der Waals surface area contributed by atoms with Gasteiger partial charge in [-0.25, -0.2) is 8.78 Å². The third-order valence-corrected chi connectivity index (χ3v) is 3.56. The number of halogens is 2. The molecular weight excluding hydrogens is 298 g/mol. The fourth-order valence-corrected chi connectivity index (χ4v) is 2.33. The minimum atomic E-state index is -0.774. The first kappa shape index (κ1) is 16.9. The molecule has 2 aromatic rings. The second-order valence-corrected chi connectivity index (χ2v) is 5.34. The van der Waals surface area contributed by atoms with Gasteiger partial charge in [0, 0.05) is 31.3 Å². The van der Waals surface area contributed by atoms with Crippen LogP contribution in [0.25, 0.3) is 0 Å². The van der Waals surface area contributed by atoms with Crippen molar-refractivity contribution < 1.29 is 13.6 Å². The molecule has 2 rings (SSSR count). The first-order chi connectivity index (χ1) is 11.0. The average Bonchev–Trinajstić information content (AvgIpc) is 2.51. The summed E-state index contributed by atoms with van der Waals surface area (Å²) in [6.07, 6.45) is 0.221. The summed E-state index contributed by atoms with van der Waals surface area (Å²) in [5.41, 5.74) is 2.20. The average molecular weight is 318 g/mol. The van der Waals surface area contributed by atoms with Gasteiger partial charge in [0.15, 0.2) is 0 Å². The third-order valence-electron chi connectivity index (χ3n) is 3.56. The summed E-state index contributed by atoms with van der Waals surface area (Å²) in [7, 11) is 0. The van der Waals surface area contributed by atoms with Crippen LogP contribution in [0.3, 0.4) is 0 Å². The standard InChI is InChI=1S/C18H20F2N2O/c1-3-22(15-6-4-5-13(2)11-15)10-9-18(23)21-17-8-7-14(19)12-16(17)20/h4-8,11-12H,3,9-10H2,1-2H3,(H,21,23). The molecule has 2 aromatic carbocycles. The second-order valence-electron chi connectivity index (χ2n) is 5.34. The van der Waals surface area contributed by atoms with Gasteiger partial charge in [-0.05, 0) is 43.7 Å². The summed E-state index contributed by atoms with van der Waals surface area (Å²) in [4.78, 5) is 14.0.